The molecule has 24 heavy (non-hydrogen) atoms. The van der Waals surface area contributed by atoms with E-state index in [1.165, 1.54) is 32.1 Å². The molecule has 0 aromatic rings. The molecule has 1 atom stereocenters. The molecule has 3 fully saturated rings. The first-order valence-corrected chi connectivity index (χ1v) is 9.54. The summed E-state index contributed by atoms with van der Waals surface area (Å²) >= 11 is 0. The number of carbonyl (C=O) groups excluding carboxylic acids is 2. The van der Waals surface area contributed by atoms with Gasteiger partial charge in [0, 0.05) is 38.1 Å². The molecule has 0 aromatic carbocycles. The van der Waals surface area contributed by atoms with E-state index in [1.54, 1.807) is 0 Å². The van der Waals surface area contributed by atoms with Gasteiger partial charge in [-0.3, -0.25) is 9.59 Å². The Balaban J connectivity index is 0.00000208. The smallest absolute Gasteiger partial charge is 0.236 e. The maximum absolute atomic E-state index is 12.9. The fraction of sp³-hybridized carbons (Fsp3) is 0.889. The lowest BCUT2D eigenvalue weighted by Gasteiger charge is -2.42. The van der Waals surface area contributed by atoms with Crippen molar-refractivity contribution in [3.05, 3.63) is 0 Å². The van der Waals surface area contributed by atoms with Crippen molar-refractivity contribution in [2.45, 2.75) is 63.8 Å². The molecule has 138 valence electrons. The van der Waals surface area contributed by atoms with Crippen molar-refractivity contribution in [3.8, 4) is 0 Å². The maximum atomic E-state index is 12.9. The summed E-state index contributed by atoms with van der Waals surface area (Å²) in [7, 11) is 0. The van der Waals surface area contributed by atoms with E-state index in [1.807, 2.05) is 4.90 Å². The van der Waals surface area contributed by atoms with E-state index in [2.05, 4.69) is 10.2 Å². The van der Waals surface area contributed by atoms with Gasteiger partial charge in [0.1, 0.15) is 0 Å². The summed E-state index contributed by atoms with van der Waals surface area (Å²) in [5.74, 6) is 0.786. The van der Waals surface area contributed by atoms with Crippen molar-refractivity contribution in [3.63, 3.8) is 0 Å². The molecule has 0 radical (unpaired) electrons. The molecule has 0 spiro atoms. The van der Waals surface area contributed by atoms with Crippen LogP contribution in [0.4, 0.5) is 0 Å². The number of halogens is 1. The number of rotatable bonds is 2. The van der Waals surface area contributed by atoms with Gasteiger partial charge in [-0.05, 0) is 25.7 Å². The number of piperidine rings is 1. The van der Waals surface area contributed by atoms with E-state index in [0.717, 1.165) is 51.9 Å². The molecule has 1 N–H and O–H groups in total. The second kappa shape index (κ2) is 9.62. The molecule has 3 rings (SSSR count). The Hall–Kier alpha value is -0.810. The molecule has 1 aliphatic carbocycles. The molecular formula is C18H32ClN3O2. The van der Waals surface area contributed by atoms with Gasteiger partial charge in [-0.15, -0.1) is 12.4 Å². The van der Waals surface area contributed by atoms with Crippen LogP contribution in [-0.4, -0.2) is 60.4 Å². The van der Waals surface area contributed by atoms with Crippen LogP contribution in [0.25, 0.3) is 0 Å². The van der Waals surface area contributed by atoms with Crippen LogP contribution in [0.15, 0.2) is 0 Å². The highest BCUT2D eigenvalue weighted by Crippen LogP contribution is 2.26. The molecule has 0 bridgehead atoms. The number of amides is 2. The Kier molecular flexibility index (Phi) is 7.82. The van der Waals surface area contributed by atoms with Gasteiger partial charge in [-0.1, -0.05) is 32.1 Å². The van der Waals surface area contributed by atoms with Gasteiger partial charge >= 0.3 is 0 Å². The number of hydrogen-bond acceptors (Lipinski definition) is 3. The minimum atomic E-state index is 0. The van der Waals surface area contributed by atoms with Crippen molar-refractivity contribution in [2.24, 2.45) is 5.92 Å². The summed E-state index contributed by atoms with van der Waals surface area (Å²) in [5.41, 5.74) is 0. The number of piperazine rings is 1. The standard InChI is InChI=1S/C18H31N3O2.ClH/c22-17-13-19-10-12-21(17)16-9-6-11-20(14-16)18(23)15-7-4-2-1-3-5-8-15;/h15-16,19H,1-14H2;1H. The topological polar surface area (TPSA) is 52.7 Å². The Morgan fingerprint density at radius 1 is 0.958 bits per heavy atom. The normalized spacial score (nSPS) is 27.2. The van der Waals surface area contributed by atoms with Gasteiger partial charge in [0.2, 0.25) is 11.8 Å². The van der Waals surface area contributed by atoms with Gasteiger partial charge < -0.3 is 15.1 Å². The number of nitrogens with one attached hydrogen (secondary N) is 1. The molecule has 1 unspecified atom stereocenters. The van der Waals surface area contributed by atoms with E-state index in [-0.39, 0.29) is 30.3 Å². The summed E-state index contributed by atoms with van der Waals surface area (Å²) in [5, 5.41) is 3.13. The lowest BCUT2D eigenvalue weighted by Crippen LogP contribution is -2.58. The zero-order chi connectivity index (χ0) is 16.1. The van der Waals surface area contributed by atoms with Crippen LogP contribution in [0, 0.1) is 5.92 Å². The average molecular weight is 358 g/mol. The van der Waals surface area contributed by atoms with E-state index < -0.39 is 0 Å². The van der Waals surface area contributed by atoms with E-state index in [9.17, 15) is 9.59 Å². The van der Waals surface area contributed by atoms with Crippen molar-refractivity contribution in [1.29, 1.82) is 0 Å². The van der Waals surface area contributed by atoms with Gasteiger partial charge in [0.05, 0.1) is 6.54 Å². The first-order chi connectivity index (χ1) is 11.3. The molecule has 3 aliphatic rings. The van der Waals surface area contributed by atoms with Crippen LogP contribution in [0.2, 0.25) is 0 Å². The lowest BCUT2D eigenvalue weighted by molar-refractivity contribution is -0.143. The molecule has 6 heteroatoms. The van der Waals surface area contributed by atoms with Crippen LogP contribution in [0.5, 0.6) is 0 Å². The maximum Gasteiger partial charge on any atom is 0.236 e. The van der Waals surface area contributed by atoms with E-state index >= 15 is 0 Å². The SMILES string of the molecule is Cl.O=C(C1CCCCCCC1)N1CCCC(N2CCNCC2=O)C1. The molecule has 2 saturated heterocycles. The molecule has 0 aromatic heterocycles. The van der Waals surface area contributed by atoms with Crippen molar-refractivity contribution in [1.82, 2.24) is 15.1 Å². The molecule has 5 nitrogen and oxygen atoms in total. The minimum absolute atomic E-state index is 0. The third-order valence-corrected chi connectivity index (χ3v) is 5.73. The molecule has 2 aliphatic heterocycles. The summed E-state index contributed by atoms with van der Waals surface area (Å²) < 4.78 is 0. The Bertz CT molecular complexity index is 424. The molecular weight excluding hydrogens is 326 g/mol. The monoisotopic (exact) mass is 357 g/mol. The summed E-state index contributed by atoms with van der Waals surface area (Å²) in [6.45, 7) is 3.74. The summed E-state index contributed by atoms with van der Waals surface area (Å²) in [6.07, 6.45) is 10.5. The van der Waals surface area contributed by atoms with Gasteiger partial charge in [-0.25, -0.2) is 0 Å². The number of nitrogens with zero attached hydrogens (tertiary/aromatic N) is 2. The highest BCUT2D eigenvalue weighted by atomic mass is 35.5. The fourth-order valence-electron chi connectivity index (χ4n) is 4.38. The second-order valence-corrected chi connectivity index (χ2v) is 7.39. The summed E-state index contributed by atoms with van der Waals surface area (Å²) in [4.78, 5) is 29.1. The molecule has 2 heterocycles. The minimum Gasteiger partial charge on any atom is -0.340 e. The van der Waals surface area contributed by atoms with Gasteiger partial charge in [0.25, 0.3) is 0 Å². The number of hydrogen-bond donors (Lipinski definition) is 1. The summed E-state index contributed by atoms with van der Waals surface area (Å²) in [6, 6.07) is 0.232. The third-order valence-electron chi connectivity index (χ3n) is 5.73. The first-order valence-electron chi connectivity index (χ1n) is 9.54. The fourth-order valence-corrected chi connectivity index (χ4v) is 4.38. The average Bonchev–Trinajstić information content (AvgIpc) is 2.55. The number of carbonyl (C=O) groups is 2. The van der Waals surface area contributed by atoms with Crippen molar-refractivity contribution >= 4 is 24.2 Å². The predicted molar refractivity (Wildman–Crippen MR) is 97.2 cm³/mol. The van der Waals surface area contributed by atoms with Crippen LogP contribution >= 0.6 is 12.4 Å². The second-order valence-electron chi connectivity index (χ2n) is 7.39. The van der Waals surface area contributed by atoms with Crippen molar-refractivity contribution < 1.29 is 9.59 Å². The van der Waals surface area contributed by atoms with Gasteiger partial charge in [0.15, 0.2) is 0 Å². The Labute approximate surface area is 151 Å². The Morgan fingerprint density at radius 2 is 1.67 bits per heavy atom. The first kappa shape index (κ1) is 19.5. The Morgan fingerprint density at radius 3 is 2.38 bits per heavy atom. The largest absolute Gasteiger partial charge is 0.340 e. The van der Waals surface area contributed by atoms with Crippen LogP contribution in [0.1, 0.15) is 57.8 Å². The van der Waals surface area contributed by atoms with Crippen LogP contribution in [0.3, 0.4) is 0 Å². The van der Waals surface area contributed by atoms with Gasteiger partial charge in [-0.2, -0.15) is 0 Å². The molecule has 1 saturated carbocycles. The lowest BCUT2D eigenvalue weighted by atomic mass is 9.89. The van der Waals surface area contributed by atoms with Crippen molar-refractivity contribution in [2.75, 3.05) is 32.7 Å². The third kappa shape index (κ3) is 4.85. The zero-order valence-electron chi connectivity index (χ0n) is 14.7. The highest BCUT2D eigenvalue weighted by molar-refractivity contribution is 5.85. The van der Waals surface area contributed by atoms with E-state index in [0.29, 0.717) is 12.5 Å². The van der Waals surface area contributed by atoms with Crippen LogP contribution < -0.4 is 5.32 Å². The highest BCUT2D eigenvalue weighted by Gasteiger charge is 2.33. The quantitative estimate of drug-likeness (QED) is 0.824. The van der Waals surface area contributed by atoms with E-state index in [4.69, 9.17) is 0 Å². The zero-order valence-corrected chi connectivity index (χ0v) is 15.5. The van der Waals surface area contributed by atoms with Crippen LogP contribution in [-0.2, 0) is 9.59 Å². The molecule has 2 amide bonds. The predicted octanol–water partition coefficient (Wildman–Crippen LogP) is 2.19. The number of likely N-dealkylation sites (tertiary alicyclic amines) is 1.